The number of benzene rings is 1. The largest absolute Gasteiger partial charge is 0.394 e. The van der Waals surface area contributed by atoms with Crippen molar-refractivity contribution < 1.29 is 9.90 Å². The van der Waals surface area contributed by atoms with Crippen LogP contribution in [-0.4, -0.2) is 40.1 Å². The fraction of sp³-hybridized carbons (Fsp3) is 0.412. The average Bonchev–Trinajstić information content (AvgIpc) is 2.79. The van der Waals surface area contributed by atoms with Gasteiger partial charge in [-0.15, -0.1) is 0 Å². The van der Waals surface area contributed by atoms with Gasteiger partial charge in [0, 0.05) is 18.1 Å². The number of fused-ring (bicyclic) bond motifs is 1. The van der Waals surface area contributed by atoms with Crippen molar-refractivity contribution in [1.82, 2.24) is 9.88 Å². The summed E-state index contributed by atoms with van der Waals surface area (Å²) in [5, 5.41) is 11.5. The summed E-state index contributed by atoms with van der Waals surface area (Å²) in [6.07, 6.45) is 5.72. The Morgan fingerprint density at radius 3 is 2.95 bits per heavy atom. The van der Waals surface area contributed by atoms with Crippen LogP contribution < -0.4 is 0 Å². The third-order valence-electron chi connectivity index (χ3n) is 4.22. The first-order valence-corrected chi connectivity index (χ1v) is 7.57. The Labute approximate surface area is 124 Å². The molecule has 0 spiro atoms. The highest BCUT2D eigenvalue weighted by Gasteiger charge is 2.27. The maximum Gasteiger partial charge on any atom is 0.273 e. The number of likely N-dealkylation sites (tertiary alicyclic amines) is 1. The third kappa shape index (κ3) is 2.76. The lowest BCUT2D eigenvalue weighted by Gasteiger charge is -2.28. The Bertz CT molecular complexity index is 636. The van der Waals surface area contributed by atoms with Crippen LogP contribution in [0, 0.1) is 0 Å². The van der Waals surface area contributed by atoms with Gasteiger partial charge in [-0.05, 0) is 24.3 Å². The molecule has 110 valence electrons. The summed E-state index contributed by atoms with van der Waals surface area (Å²) < 4.78 is 0. The number of pyridine rings is 1. The van der Waals surface area contributed by atoms with Gasteiger partial charge in [0.05, 0.1) is 12.6 Å². The molecule has 1 N–H and O–H groups in total. The van der Waals surface area contributed by atoms with E-state index < -0.39 is 0 Å². The summed E-state index contributed by atoms with van der Waals surface area (Å²) in [5.41, 5.74) is 0.494. The van der Waals surface area contributed by atoms with E-state index >= 15 is 0 Å². The summed E-state index contributed by atoms with van der Waals surface area (Å²) in [7, 11) is 0. The first-order valence-electron chi connectivity index (χ1n) is 7.57. The lowest BCUT2D eigenvalue weighted by Crippen LogP contribution is -2.42. The van der Waals surface area contributed by atoms with Crippen LogP contribution in [0.25, 0.3) is 10.8 Å². The second kappa shape index (κ2) is 6.22. The maximum atomic E-state index is 12.9. The number of carbonyl (C=O) groups is 1. The van der Waals surface area contributed by atoms with Crippen molar-refractivity contribution in [3.05, 3.63) is 42.2 Å². The Morgan fingerprint density at radius 2 is 2.10 bits per heavy atom. The highest BCUT2D eigenvalue weighted by atomic mass is 16.3. The van der Waals surface area contributed by atoms with Crippen molar-refractivity contribution in [3.63, 3.8) is 0 Å². The zero-order chi connectivity index (χ0) is 14.7. The summed E-state index contributed by atoms with van der Waals surface area (Å²) in [6, 6.07) is 9.63. The second-order valence-corrected chi connectivity index (χ2v) is 5.56. The topological polar surface area (TPSA) is 53.4 Å². The molecule has 3 rings (SSSR count). The van der Waals surface area contributed by atoms with Gasteiger partial charge in [0.1, 0.15) is 5.69 Å². The molecule has 1 aliphatic heterocycles. The van der Waals surface area contributed by atoms with Crippen molar-refractivity contribution >= 4 is 16.7 Å². The quantitative estimate of drug-likeness (QED) is 0.922. The van der Waals surface area contributed by atoms with Crippen LogP contribution in [0.2, 0.25) is 0 Å². The van der Waals surface area contributed by atoms with Gasteiger partial charge in [-0.2, -0.15) is 0 Å². The maximum absolute atomic E-state index is 12.9. The van der Waals surface area contributed by atoms with Crippen LogP contribution in [0.5, 0.6) is 0 Å². The van der Waals surface area contributed by atoms with Gasteiger partial charge < -0.3 is 10.0 Å². The van der Waals surface area contributed by atoms with E-state index in [4.69, 9.17) is 0 Å². The smallest absolute Gasteiger partial charge is 0.273 e. The van der Waals surface area contributed by atoms with Gasteiger partial charge in [0.2, 0.25) is 0 Å². The summed E-state index contributed by atoms with van der Waals surface area (Å²) in [6.45, 7) is 0.728. The molecule has 21 heavy (non-hydrogen) atoms. The molecule has 0 bridgehead atoms. The summed E-state index contributed by atoms with van der Waals surface area (Å²) >= 11 is 0. The monoisotopic (exact) mass is 284 g/mol. The number of aliphatic hydroxyl groups is 1. The summed E-state index contributed by atoms with van der Waals surface area (Å²) in [5.74, 6) is -0.0623. The normalized spacial score (nSPS) is 19.5. The minimum Gasteiger partial charge on any atom is -0.394 e. The lowest BCUT2D eigenvalue weighted by atomic mass is 10.1. The van der Waals surface area contributed by atoms with E-state index in [1.807, 2.05) is 35.2 Å². The second-order valence-electron chi connectivity index (χ2n) is 5.56. The molecule has 1 aliphatic rings. The number of hydrogen-bond donors (Lipinski definition) is 1. The van der Waals surface area contributed by atoms with Crippen LogP contribution in [0.1, 0.15) is 36.2 Å². The van der Waals surface area contributed by atoms with Crippen LogP contribution in [-0.2, 0) is 0 Å². The van der Waals surface area contributed by atoms with Crippen LogP contribution >= 0.6 is 0 Å². The van der Waals surface area contributed by atoms with E-state index in [0.29, 0.717) is 12.2 Å². The fourth-order valence-electron chi connectivity index (χ4n) is 3.06. The molecule has 2 aromatic rings. The van der Waals surface area contributed by atoms with E-state index in [1.165, 1.54) is 0 Å². The molecule has 0 saturated carbocycles. The number of carbonyl (C=O) groups excluding carboxylic acids is 1. The highest BCUT2D eigenvalue weighted by Crippen LogP contribution is 2.22. The number of amides is 1. The molecule has 1 aromatic carbocycles. The predicted octanol–water partition coefficient (Wildman–Crippen LogP) is 2.61. The van der Waals surface area contributed by atoms with Gasteiger partial charge in [0.25, 0.3) is 5.91 Å². The molecule has 4 heteroatoms. The SMILES string of the molecule is O=C(c1nccc2ccccc12)N1CCCCCC1CO. The minimum atomic E-state index is -0.0826. The predicted molar refractivity (Wildman–Crippen MR) is 82.1 cm³/mol. The van der Waals surface area contributed by atoms with E-state index in [0.717, 1.165) is 36.5 Å². The highest BCUT2D eigenvalue weighted by molar-refractivity contribution is 6.05. The number of aliphatic hydroxyl groups excluding tert-OH is 1. The van der Waals surface area contributed by atoms with Gasteiger partial charge in [-0.3, -0.25) is 9.78 Å². The van der Waals surface area contributed by atoms with E-state index in [2.05, 4.69) is 4.98 Å². The Balaban J connectivity index is 1.99. The Hall–Kier alpha value is -1.94. The van der Waals surface area contributed by atoms with E-state index in [9.17, 15) is 9.90 Å². The van der Waals surface area contributed by atoms with Gasteiger partial charge in [0.15, 0.2) is 0 Å². The standard InChI is InChI=1S/C17H20N2O2/c20-12-14-7-2-1-5-11-19(14)17(21)16-15-8-4-3-6-13(15)9-10-18-16/h3-4,6,8-10,14,20H,1-2,5,7,11-12H2. The Kier molecular flexibility index (Phi) is 4.15. The molecular weight excluding hydrogens is 264 g/mol. The number of hydrogen-bond acceptors (Lipinski definition) is 3. The molecule has 4 nitrogen and oxygen atoms in total. The molecule has 0 aliphatic carbocycles. The van der Waals surface area contributed by atoms with Crippen molar-refractivity contribution in [2.45, 2.75) is 31.7 Å². The Morgan fingerprint density at radius 1 is 1.24 bits per heavy atom. The molecule has 2 heterocycles. The molecule has 1 saturated heterocycles. The average molecular weight is 284 g/mol. The fourth-order valence-corrected chi connectivity index (χ4v) is 3.06. The van der Waals surface area contributed by atoms with Crippen molar-refractivity contribution in [1.29, 1.82) is 0 Å². The van der Waals surface area contributed by atoms with Gasteiger partial charge >= 0.3 is 0 Å². The molecule has 1 fully saturated rings. The molecule has 1 unspecified atom stereocenters. The van der Waals surface area contributed by atoms with E-state index in [1.54, 1.807) is 6.20 Å². The molecular formula is C17H20N2O2. The van der Waals surface area contributed by atoms with Crippen LogP contribution in [0.15, 0.2) is 36.5 Å². The van der Waals surface area contributed by atoms with E-state index in [-0.39, 0.29) is 18.6 Å². The van der Waals surface area contributed by atoms with Crippen molar-refractivity contribution in [2.75, 3.05) is 13.2 Å². The minimum absolute atomic E-state index is 0.0243. The van der Waals surface area contributed by atoms with Gasteiger partial charge in [-0.25, -0.2) is 0 Å². The zero-order valence-electron chi connectivity index (χ0n) is 12.0. The molecule has 0 radical (unpaired) electrons. The zero-order valence-corrected chi connectivity index (χ0v) is 12.0. The van der Waals surface area contributed by atoms with Crippen molar-refractivity contribution in [2.24, 2.45) is 0 Å². The first kappa shape index (κ1) is 14.0. The number of nitrogens with zero attached hydrogens (tertiary/aromatic N) is 2. The first-order chi connectivity index (χ1) is 10.3. The summed E-state index contributed by atoms with van der Waals surface area (Å²) in [4.78, 5) is 19.0. The number of aromatic nitrogens is 1. The van der Waals surface area contributed by atoms with Crippen LogP contribution in [0.4, 0.5) is 0 Å². The van der Waals surface area contributed by atoms with Gasteiger partial charge in [-0.1, -0.05) is 37.1 Å². The molecule has 1 aromatic heterocycles. The lowest BCUT2D eigenvalue weighted by molar-refractivity contribution is 0.0596. The van der Waals surface area contributed by atoms with Crippen LogP contribution in [0.3, 0.4) is 0 Å². The third-order valence-corrected chi connectivity index (χ3v) is 4.22. The molecule has 1 amide bonds. The molecule has 1 atom stereocenters. The number of rotatable bonds is 2. The van der Waals surface area contributed by atoms with Crippen molar-refractivity contribution in [3.8, 4) is 0 Å².